The topological polar surface area (TPSA) is 81.7 Å². The molecule has 1 aliphatic heterocycles. The Morgan fingerprint density at radius 1 is 0.966 bits per heavy atom. The molecule has 2 aromatic carbocycles. The summed E-state index contributed by atoms with van der Waals surface area (Å²) in [7, 11) is 0. The van der Waals surface area contributed by atoms with Crippen LogP contribution in [0.2, 0.25) is 0 Å². The Balaban J connectivity index is 1.44. The molecule has 7 nitrogen and oxygen atoms in total. The summed E-state index contributed by atoms with van der Waals surface area (Å²) in [4.78, 5) is 16.7. The van der Waals surface area contributed by atoms with Gasteiger partial charge in [0.25, 0.3) is 5.91 Å². The number of nitrogens with zero attached hydrogens (tertiary/aromatic N) is 1. The van der Waals surface area contributed by atoms with E-state index in [2.05, 4.69) is 15.6 Å². The molecule has 0 atom stereocenters. The number of pyridine rings is 1. The highest BCUT2D eigenvalue weighted by molar-refractivity contribution is 6.04. The van der Waals surface area contributed by atoms with Gasteiger partial charge in [0.05, 0.1) is 24.1 Å². The molecule has 0 spiro atoms. The van der Waals surface area contributed by atoms with Gasteiger partial charge in [-0.05, 0) is 49.4 Å². The maximum absolute atomic E-state index is 12.6. The second-order valence-electron chi connectivity index (χ2n) is 6.36. The molecule has 1 aromatic heterocycles. The van der Waals surface area contributed by atoms with Gasteiger partial charge in [-0.15, -0.1) is 0 Å². The maximum atomic E-state index is 12.6. The number of rotatable bonds is 6. The van der Waals surface area contributed by atoms with Crippen molar-refractivity contribution in [2.24, 2.45) is 0 Å². The van der Waals surface area contributed by atoms with Crippen LogP contribution in [-0.2, 0) is 0 Å². The van der Waals surface area contributed by atoms with Gasteiger partial charge in [-0.2, -0.15) is 0 Å². The minimum atomic E-state index is -0.243. The number of carbonyl (C=O) groups is 1. The molecule has 3 aromatic rings. The van der Waals surface area contributed by atoms with Crippen molar-refractivity contribution in [1.29, 1.82) is 0 Å². The number of amides is 1. The average Bonchev–Trinajstić information content (AvgIpc) is 2.75. The van der Waals surface area contributed by atoms with Gasteiger partial charge in [0.15, 0.2) is 11.5 Å². The zero-order chi connectivity index (χ0) is 20.1. The number of nitrogens with one attached hydrogen (secondary N) is 2. The lowest BCUT2D eigenvalue weighted by Crippen LogP contribution is -2.15. The Morgan fingerprint density at radius 3 is 2.52 bits per heavy atom. The van der Waals surface area contributed by atoms with Gasteiger partial charge < -0.3 is 24.8 Å². The lowest BCUT2D eigenvalue weighted by molar-refractivity contribution is 0.102. The Kier molecular flexibility index (Phi) is 5.47. The first-order valence-corrected chi connectivity index (χ1v) is 9.37. The average molecular weight is 391 g/mol. The number of aromatic nitrogens is 1. The van der Waals surface area contributed by atoms with Crippen LogP contribution in [0.1, 0.15) is 17.3 Å². The minimum absolute atomic E-state index is 0.243. The van der Waals surface area contributed by atoms with Gasteiger partial charge in [-0.25, -0.2) is 0 Å². The first-order chi connectivity index (χ1) is 14.2. The third-order valence-corrected chi connectivity index (χ3v) is 4.25. The van der Waals surface area contributed by atoms with E-state index < -0.39 is 0 Å². The highest BCUT2D eigenvalue weighted by Gasteiger charge is 2.12. The number of carbonyl (C=O) groups excluding carboxylic acids is 1. The van der Waals surface area contributed by atoms with Crippen molar-refractivity contribution in [3.05, 3.63) is 66.5 Å². The van der Waals surface area contributed by atoms with E-state index >= 15 is 0 Å². The molecule has 1 aliphatic rings. The summed E-state index contributed by atoms with van der Waals surface area (Å²) in [6.45, 7) is 3.60. The Morgan fingerprint density at radius 2 is 1.72 bits per heavy atom. The van der Waals surface area contributed by atoms with E-state index in [1.54, 1.807) is 24.4 Å². The summed E-state index contributed by atoms with van der Waals surface area (Å²) >= 11 is 0. The van der Waals surface area contributed by atoms with Gasteiger partial charge in [0.1, 0.15) is 19.0 Å². The highest BCUT2D eigenvalue weighted by Crippen LogP contribution is 2.33. The van der Waals surface area contributed by atoms with Crippen LogP contribution in [0.25, 0.3) is 0 Å². The van der Waals surface area contributed by atoms with E-state index in [0.717, 1.165) is 17.2 Å². The fourth-order valence-electron chi connectivity index (χ4n) is 2.92. The van der Waals surface area contributed by atoms with Gasteiger partial charge in [-0.1, -0.05) is 0 Å². The maximum Gasteiger partial charge on any atom is 0.257 e. The Bertz CT molecular complexity index is 1010. The summed E-state index contributed by atoms with van der Waals surface area (Å²) in [5, 5.41) is 6.10. The van der Waals surface area contributed by atoms with Crippen LogP contribution in [0.3, 0.4) is 0 Å². The van der Waals surface area contributed by atoms with Crippen LogP contribution < -0.4 is 24.8 Å². The molecule has 0 radical (unpaired) electrons. The van der Waals surface area contributed by atoms with Crippen molar-refractivity contribution in [3.63, 3.8) is 0 Å². The summed E-state index contributed by atoms with van der Waals surface area (Å²) in [5.41, 5.74) is 2.64. The number of hydrogen-bond donors (Lipinski definition) is 2. The second kappa shape index (κ2) is 8.52. The third kappa shape index (κ3) is 4.57. The normalized spacial score (nSPS) is 12.2. The van der Waals surface area contributed by atoms with Crippen LogP contribution in [-0.4, -0.2) is 30.7 Å². The molecular formula is C22H21N3O4. The standard InChI is InChI=1S/C22H21N3O4/c1-2-27-19-6-3-16(4-7-19)25-22(26)15-11-18(14-23-13-15)24-17-5-8-20-21(12-17)29-10-9-28-20/h3-8,11-14,24H,2,9-10H2,1H3,(H,25,26). The van der Waals surface area contributed by atoms with Gasteiger partial charge in [-0.3, -0.25) is 9.78 Å². The van der Waals surface area contributed by atoms with Crippen molar-refractivity contribution in [3.8, 4) is 17.2 Å². The molecule has 148 valence electrons. The number of hydrogen-bond acceptors (Lipinski definition) is 6. The van der Waals surface area contributed by atoms with Gasteiger partial charge in [0, 0.05) is 23.6 Å². The molecule has 1 amide bonds. The fourth-order valence-corrected chi connectivity index (χ4v) is 2.92. The summed E-state index contributed by atoms with van der Waals surface area (Å²) in [5.74, 6) is 1.94. The largest absolute Gasteiger partial charge is 0.494 e. The van der Waals surface area contributed by atoms with Crippen LogP contribution in [0, 0.1) is 0 Å². The summed E-state index contributed by atoms with van der Waals surface area (Å²) in [6, 6.07) is 14.6. The summed E-state index contributed by atoms with van der Waals surface area (Å²) in [6.07, 6.45) is 3.18. The summed E-state index contributed by atoms with van der Waals surface area (Å²) < 4.78 is 16.5. The van der Waals surface area contributed by atoms with Crippen LogP contribution in [0.15, 0.2) is 60.9 Å². The van der Waals surface area contributed by atoms with Gasteiger partial charge in [0.2, 0.25) is 0 Å². The van der Waals surface area contributed by atoms with E-state index in [-0.39, 0.29) is 5.91 Å². The minimum Gasteiger partial charge on any atom is -0.494 e. The zero-order valence-corrected chi connectivity index (χ0v) is 16.0. The molecule has 4 rings (SSSR count). The molecule has 7 heteroatoms. The third-order valence-electron chi connectivity index (χ3n) is 4.25. The van der Waals surface area contributed by atoms with E-state index in [4.69, 9.17) is 14.2 Å². The van der Waals surface area contributed by atoms with Crippen molar-refractivity contribution >= 4 is 23.0 Å². The molecule has 2 N–H and O–H groups in total. The molecule has 0 unspecified atom stereocenters. The monoisotopic (exact) mass is 391 g/mol. The van der Waals surface area contributed by atoms with Crippen LogP contribution >= 0.6 is 0 Å². The van der Waals surface area contributed by atoms with Gasteiger partial charge >= 0.3 is 0 Å². The number of benzene rings is 2. The van der Waals surface area contributed by atoms with E-state index in [0.29, 0.717) is 42.5 Å². The second-order valence-corrected chi connectivity index (χ2v) is 6.36. The molecule has 0 aliphatic carbocycles. The SMILES string of the molecule is CCOc1ccc(NC(=O)c2cncc(Nc3ccc4c(c3)OCCO4)c2)cc1. The van der Waals surface area contributed by atoms with Crippen LogP contribution in [0.4, 0.5) is 17.1 Å². The number of ether oxygens (including phenoxy) is 3. The number of anilines is 3. The Hall–Kier alpha value is -3.74. The molecule has 0 saturated heterocycles. The van der Waals surface area contributed by atoms with Crippen LogP contribution in [0.5, 0.6) is 17.2 Å². The predicted molar refractivity (Wildman–Crippen MR) is 111 cm³/mol. The smallest absolute Gasteiger partial charge is 0.257 e. The number of fused-ring (bicyclic) bond motifs is 1. The molecular weight excluding hydrogens is 370 g/mol. The van der Waals surface area contributed by atoms with E-state index in [1.165, 1.54) is 6.20 Å². The molecule has 0 fully saturated rings. The molecule has 0 saturated carbocycles. The molecule has 0 bridgehead atoms. The van der Waals surface area contributed by atoms with Crippen molar-refractivity contribution in [2.45, 2.75) is 6.92 Å². The van der Waals surface area contributed by atoms with Crippen molar-refractivity contribution in [1.82, 2.24) is 4.98 Å². The Labute approximate surface area is 168 Å². The van der Waals surface area contributed by atoms with Crippen molar-refractivity contribution < 1.29 is 19.0 Å². The molecule has 2 heterocycles. The lowest BCUT2D eigenvalue weighted by Gasteiger charge is -2.19. The fraction of sp³-hybridized carbons (Fsp3) is 0.182. The van der Waals surface area contributed by atoms with Crippen molar-refractivity contribution in [2.75, 3.05) is 30.5 Å². The highest BCUT2D eigenvalue weighted by atomic mass is 16.6. The predicted octanol–water partition coefficient (Wildman–Crippen LogP) is 4.25. The zero-order valence-electron chi connectivity index (χ0n) is 16.0. The quantitative estimate of drug-likeness (QED) is 0.654. The first-order valence-electron chi connectivity index (χ1n) is 9.37. The molecule has 29 heavy (non-hydrogen) atoms. The van der Waals surface area contributed by atoms with E-state index in [9.17, 15) is 4.79 Å². The lowest BCUT2D eigenvalue weighted by atomic mass is 10.2. The van der Waals surface area contributed by atoms with E-state index in [1.807, 2.05) is 37.3 Å². The first kappa shape index (κ1) is 18.6.